The van der Waals surface area contributed by atoms with E-state index in [0.29, 0.717) is 0 Å². The SMILES string of the molecule is CCCCCCCCCCCCC/C=C/CC(CCC)CCCC. The molecule has 0 nitrogen and oxygen atoms in total. The largest absolute Gasteiger partial charge is 0.0885 e. The molecule has 0 aliphatic heterocycles. The van der Waals surface area contributed by atoms with Crippen molar-refractivity contribution in [1.82, 2.24) is 0 Å². The van der Waals surface area contributed by atoms with Crippen LogP contribution in [0.2, 0.25) is 0 Å². The van der Waals surface area contributed by atoms with Crippen molar-refractivity contribution in [1.29, 1.82) is 0 Å². The van der Waals surface area contributed by atoms with Crippen molar-refractivity contribution in [2.24, 2.45) is 5.92 Å². The quantitative estimate of drug-likeness (QED) is 0.163. The van der Waals surface area contributed by atoms with Gasteiger partial charge in [0.2, 0.25) is 0 Å². The summed E-state index contributed by atoms with van der Waals surface area (Å²) in [4.78, 5) is 0. The zero-order chi connectivity index (χ0) is 17.7. The standard InChI is InChI=1S/C24H48/c1-4-7-9-10-11-12-13-14-15-16-17-18-19-20-23-24(21-6-3)22-8-5-2/h19-20,24H,4-18,21-23H2,1-3H3/b20-19+. The van der Waals surface area contributed by atoms with Crippen LogP contribution in [-0.2, 0) is 0 Å². The molecule has 0 aliphatic carbocycles. The molecular formula is C24H48. The van der Waals surface area contributed by atoms with E-state index < -0.39 is 0 Å². The van der Waals surface area contributed by atoms with Crippen LogP contribution in [0, 0.1) is 5.92 Å². The van der Waals surface area contributed by atoms with Crippen LogP contribution in [0.1, 0.15) is 136 Å². The van der Waals surface area contributed by atoms with Gasteiger partial charge in [-0.25, -0.2) is 0 Å². The maximum atomic E-state index is 2.48. The van der Waals surface area contributed by atoms with Crippen molar-refractivity contribution >= 4 is 0 Å². The summed E-state index contributed by atoms with van der Waals surface area (Å²) in [6, 6.07) is 0. The molecule has 0 rings (SSSR count). The van der Waals surface area contributed by atoms with Gasteiger partial charge in [0.25, 0.3) is 0 Å². The van der Waals surface area contributed by atoms with Crippen LogP contribution in [0.3, 0.4) is 0 Å². The van der Waals surface area contributed by atoms with E-state index in [1.165, 1.54) is 116 Å². The minimum atomic E-state index is 0.948. The molecular weight excluding hydrogens is 288 g/mol. The van der Waals surface area contributed by atoms with Gasteiger partial charge >= 0.3 is 0 Å². The third-order valence-electron chi connectivity index (χ3n) is 5.27. The van der Waals surface area contributed by atoms with Gasteiger partial charge in [0, 0.05) is 0 Å². The van der Waals surface area contributed by atoms with Crippen LogP contribution in [-0.4, -0.2) is 0 Å². The summed E-state index contributed by atoms with van der Waals surface area (Å²) in [5, 5.41) is 0. The fourth-order valence-corrected chi connectivity index (χ4v) is 3.61. The molecule has 0 heteroatoms. The van der Waals surface area contributed by atoms with Gasteiger partial charge in [0.05, 0.1) is 0 Å². The smallest absolute Gasteiger partial charge is 0.0322 e. The van der Waals surface area contributed by atoms with E-state index in [-0.39, 0.29) is 0 Å². The Hall–Kier alpha value is -0.260. The summed E-state index contributed by atoms with van der Waals surface area (Å²) < 4.78 is 0. The Morgan fingerprint density at radius 2 is 1.04 bits per heavy atom. The number of unbranched alkanes of at least 4 members (excludes halogenated alkanes) is 12. The fraction of sp³-hybridized carbons (Fsp3) is 0.917. The highest BCUT2D eigenvalue weighted by atomic mass is 14.1. The molecule has 1 unspecified atom stereocenters. The predicted octanol–water partition coefficient (Wildman–Crippen LogP) is 9.24. The molecule has 144 valence electrons. The monoisotopic (exact) mass is 336 g/mol. The lowest BCUT2D eigenvalue weighted by Crippen LogP contribution is -1.98. The third-order valence-corrected chi connectivity index (χ3v) is 5.27. The van der Waals surface area contributed by atoms with Gasteiger partial charge in [-0.05, 0) is 25.2 Å². The minimum absolute atomic E-state index is 0.948. The molecule has 0 saturated carbocycles. The zero-order valence-corrected chi connectivity index (χ0v) is 17.5. The van der Waals surface area contributed by atoms with E-state index in [0.717, 1.165) is 5.92 Å². The van der Waals surface area contributed by atoms with Gasteiger partial charge < -0.3 is 0 Å². The van der Waals surface area contributed by atoms with Crippen LogP contribution in [0.5, 0.6) is 0 Å². The van der Waals surface area contributed by atoms with E-state index in [9.17, 15) is 0 Å². The molecule has 0 aromatic carbocycles. The second kappa shape index (κ2) is 20.8. The summed E-state index contributed by atoms with van der Waals surface area (Å²) >= 11 is 0. The highest BCUT2D eigenvalue weighted by Gasteiger charge is 2.04. The Balaban J connectivity index is 3.33. The first-order valence-electron chi connectivity index (χ1n) is 11.5. The lowest BCUT2D eigenvalue weighted by molar-refractivity contribution is 0.433. The molecule has 1 atom stereocenters. The minimum Gasteiger partial charge on any atom is -0.0885 e. The predicted molar refractivity (Wildman–Crippen MR) is 113 cm³/mol. The number of rotatable bonds is 19. The summed E-state index contributed by atoms with van der Waals surface area (Å²) in [7, 11) is 0. The highest BCUT2D eigenvalue weighted by Crippen LogP contribution is 2.19. The molecule has 0 spiro atoms. The Bertz CT molecular complexity index is 240. The molecule has 0 saturated heterocycles. The molecule has 0 aromatic rings. The molecule has 0 aliphatic rings. The van der Waals surface area contributed by atoms with Crippen LogP contribution in [0.4, 0.5) is 0 Å². The second-order valence-corrected chi connectivity index (χ2v) is 7.83. The first-order chi connectivity index (χ1) is 11.8. The van der Waals surface area contributed by atoms with Crippen molar-refractivity contribution in [3.8, 4) is 0 Å². The second-order valence-electron chi connectivity index (χ2n) is 7.83. The van der Waals surface area contributed by atoms with Crippen molar-refractivity contribution in [3.63, 3.8) is 0 Å². The van der Waals surface area contributed by atoms with Crippen LogP contribution in [0.15, 0.2) is 12.2 Å². The average molecular weight is 337 g/mol. The Morgan fingerprint density at radius 3 is 1.58 bits per heavy atom. The van der Waals surface area contributed by atoms with E-state index in [2.05, 4.69) is 32.9 Å². The van der Waals surface area contributed by atoms with Crippen LogP contribution >= 0.6 is 0 Å². The van der Waals surface area contributed by atoms with Gasteiger partial charge in [0.15, 0.2) is 0 Å². The number of hydrogen-bond acceptors (Lipinski definition) is 0. The molecule has 0 radical (unpaired) electrons. The lowest BCUT2D eigenvalue weighted by atomic mass is 9.93. The average Bonchev–Trinajstić information content (AvgIpc) is 2.59. The van der Waals surface area contributed by atoms with Gasteiger partial charge in [-0.1, -0.05) is 129 Å². The lowest BCUT2D eigenvalue weighted by Gasteiger charge is -2.12. The molecule has 0 heterocycles. The van der Waals surface area contributed by atoms with Gasteiger partial charge in [0.1, 0.15) is 0 Å². The van der Waals surface area contributed by atoms with Crippen molar-refractivity contribution < 1.29 is 0 Å². The fourth-order valence-electron chi connectivity index (χ4n) is 3.61. The van der Waals surface area contributed by atoms with Gasteiger partial charge in [-0.2, -0.15) is 0 Å². The number of allylic oxidation sites excluding steroid dienone is 2. The summed E-state index contributed by atoms with van der Waals surface area (Å²) in [6.07, 6.45) is 30.5. The molecule has 0 amide bonds. The van der Waals surface area contributed by atoms with Gasteiger partial charge in [-0.3, -0.25) is 0 Å². The Labute approximate surface area is 154 Å². The van der Waals surface area contributed by atoms with Crippen molar-refractivity contribution in [2.45, 2.75) is 136 Å². The Morgan fingerprint density at radius 1 is 0.500 bits per heavy atom. The normalized spacial score (nSPS) is 13.0. The van der Waals surface area contributed by atoms with Gasteiger partial charge in [-0.15, -0.1) is 0 Å². The molecule has 0 fully saturated rings. The van der Waals surface area contributed by atoms with Crippen molar-refractivity contribution in [2.75, 3.05) is 0 Å². The maximum Gasteiger partial charge on any atom is -0.0322 e. The first-order valence-corrected chi connectivity index (χ1v) is 11.5. The number of hydrogen-bond donors (Lipinski definition) is 0. The van der Waals surface area contributed by atoms with E-state index in [4.69, 9.17) is 0 Å². The topological polar surface area (TPSA) is 0 Å². The molecule has 0 aromatic heterocycles. The van der Waals surface area contributed by atoms with E-state index in [1.807, 2.05) is 0 Å². The highest BCUT2D eigenvalue weighted by molar-refractivity contribution is 4.84. The molecule has 24 heavy (non-hydrogen) atoms. The summed E-state index contributed by atoms with van der Waals surface area (Å²) in [6.45, 7) is 6.93. The first kappa shape index (κ1) is 23.7. The molecule has 0 bridgehead atoms. The Kier molecular flexibility index (Phi) is 20.6. The van der Waals surface area contributed by atoms with Crippen LogP contribution in [0.25, 0.3) is 0 Å². The summed E-state index contributed by atoms with van der Waals surface area (Å²) in [5.74, 6) is 0.948. The maximum absolute atomic E-state index is 2.48. The van der Waals surface area contributed by atoms with Crippen molar-refractivity contribution in [3.05, 3.63) is 12.2 Å². The third kappa shape index (κ3) is 18.1. The van der Waals surface area contributed by atoms with E-state index >= 15 is 0 Å². The summed E-state index contributed by atoms with van der Waals surface area (Å²) in [5.41, 5.74) is 0. The van der Waals surface area contributed by atoms with E-state index in [1.54, 1.807) is 0 Å². The molecule has 0 N–H and O–H groups in total. The zero-order valence-electron chi connectivity index (χ0n) is 17.5. The van der Waals surface area contributed by atoms with Crippen LogP contribution < -0.4 is 0 Å².